The molecule has 0 unspecified atom stereocenters. The number of alkyl halides is 2. The van der Waals surface area contributed by atoms with Crippen LogP contribution in [0.25, 0.3) is 0 Å². The molecule has 50 valence electrons. The number of rotatable bonds is 3. The highest BCUT2D eigenvalue weighted by Crippen LogP contribution is 2.44. The fourth-order valence-corrected chi connectivity index (χ4v) is 2.58. The molecule has 0 aliphatic carbocycles. The molecule has 0 aromatic carbocycles. The van der Waals surface area contributed by atoms with E-state index in [2.05, 4.69) is 4.74 Å². The largest absolute Gasteiger partial charge is 0.341 e. The van der Waals surface area contributed by atoms with Gasteiger partial charge in [0.25, 0.3) is 3.85 Å². The summed E-state index contributed by atoms with van der Waals surface area (Å²) in [6, 6.07) is 0. The average Bonchev–Trinajstić information content (AvgIpc) is 1.67. The Morgan fingerprint density at radius 2 is 2.00 bits per heavy atom. The summed E-state index contributed by atoms with van der Waals surface area (Å²) >= 11 is 10.8. The zero-order chi connectivity index (χ0) is 6.62. The van der Waals surface area contributed by atoms with Gasteiger partial charge in [-0.15, -0.1) is 0 Å². The highest BCUT2D eigenvalue weighted by atomic mass is 35.7. The lowest BCUT2D eigenvalue weighted by atomic mass is 11.5. The average molecular weight is 214 g/mol. The number of hydrogen-bond acceptors (Lipinski definition) is 3. The normalized spacial score (nSPS) is 12.0. The summed E-state index contributed by atoms with van der Waals surface area (Å²) < 4.78 is 3.35. The van der Waals surface area contributed by atoms with Crippen molar-refractivity contribution in [1.82, 2.24) is 0 Å². The third-order valence-corrected chi connectivity index (χ3v) is 3.57. The van der Waals surface area contributed by atoms with Crippen molar-refractivity contribution in [2.45, 2.75) is 3.85 Å². The van der Waals surface area contributed by atoms with Crippen LogP contribution in [0, 0.1) is 0 Å². The van der Waals surface area contributed by atoms with E-state index in [1.54, 1.807) is 0 Å². The van der Waals surface area contributed by atoms with E-state index >= 15 is 0 Å². The maximum absolute atomic E-state index is 5.42. The minimum atomic E-state index is -1.22. The summed E-state index contributed by atoms with van der Waals surface area (Å²) in [7, 11) is 8.56. The summed E-state index contributed by atoms with van der Waals surface area (Å²) in [6.45, 7) is 0. The Labute approximate surface area is 70.3 Å². The Kier molecular flexibility index (Phi) is 5.20. The smallest absolute Gasteiger partial charge is 0.278 e. The summed E-state index contributed by atoms with van der Waals surface area (Å²) in [6.07, 6.45) is 0. The first-order valence-corrected chi connectivity index (χ1v) is 5.25. The first kappa shape index (κ1) is 9.53. The van der Waals surface area contributed by atoms with E-state index < -0.39 is 3.85 Å². The van der Waals surface area contributed by atoms with Gasteiger partial charge < -0.3 is 4.74 Å². The van der Waals surface area contributed by atoms with Crippen LogP contribution >= 0.6 is 54.7 Å². The molecule has 0 bridgehead atoms. The van der Waals surface area contributed by atoms with E-state index in [0.717, 1.165) is 20.8 Å². The van der Waals surface area contributed by atoms with Gasteiger partial charge in [0.2, 0.25) is 0 Å². The summed E-state index contributed by atoms with van der Waals surface area (Å²) in [5.74, 6) is 0. The molecule has 0 saturated heterocycles. The van der Waals surface area contributed by atoms with Crippen LogP contribution in [0.2, 0.25) is 0 Å². The molecule has 0 N–H and O–H groups in total. The van der Waals surface area contributed by atoms with Crippen LogP contribution < -0.4 is 0 Å². The Hall–Kier alpha value is 1.53. The lowest BCUT2D eigenvalue weighted by Gasteiger charge is -2.12. The van der Waals surface area contributed by atoms with Crippen molar-refractivity contribution in [1.29, 1.82) is 0 Å². The summed E-state index contributed by atoms with van der Waals surface area (Å²) in [4.78, 5) is 0. The van der Waals surface area contributed by atoms with E-state index in [-0.39, 0.29) is 0 Å². The number of methoxy groups -OCH3 is 1. The van der Waals surface area contributed by atoms with Crippen LogP contribution in [0.1, 0.15) is 0 Å². The predicted molar refractivity (Wildman–Crippen MR) is 42.5 cm³/mol. The second-order valence-corrected chi connectivity index (χ2v) is 5.40. The number of ether oxygens (including phenoxy) is 1. The zero-order valence-corrected chi connectivity index (χ0v) is 7.76. The third kappa shape index (κ3) is 4.41. The van der Waals surface area contributed by atoms with Crippen molar-refractivity contribution in [3.63, 3.8) is 0 Å². The highest BCUT2D eigenvalue weighted by Gasteiger charge is 2.23. The predicted octanol–water partition coefficient (Wildman–Crippen LogP) is 3.26. The lowest BCUT2D eigenvalue weighted by molar-refractivity contribution is 0.203. The van der Waals surface area contributed by atoms with Gasteiger partial charge in [-0.25, -0.2) is 0 Å². The molecule has 0 radical (unpaired) electrons. The Bertz CT molecular complexity index is 68.3. The second kappa shape index (κ2) is 4.36. The molecule has 1 nitrogen and oxygen atoms in total. The van der Waals surface area contributed by atoms with E-state index in [9.17, 15) is 0 Å². The molecule has 0 aliphatic heterocycles. The fourth-order valence-electron chi connectivity index (χ4n) is 0.0707. The monoisotopic (exact) mass is 212 g/mol. The van der Waals surface area contributed by atoms with E-state index in [4.69, 9.17) is 33.9 Å². The quantitative estimate of drug-likeness (QED) is 0.405. The Morgan fingerprint density at radius 3 is 2.12 bits per heavy atom. The van der Waals surface area contributed by atoms with Crippen molar-refractivity contribution in [3.05, 3.63) is 0 Å². The van der Waals surface area contributed by atoms with E-state index in [1.807, 2.05) is 0 Å². The first-order chi connectivity index (χ1) is 3.62. The van der Waals surface area contributed by atoms with Gasteiger partial charge in [0.15, 0.2) is 0 Å². The molecule has 0 atom stereocenters. The van der Waals surface area contributed by atoms with Crippen LogP contribution in [-0.4, -0.2) is 11.0 Å². The van der Waals surface area contributed by atoms with Crippen LogP contribution in [-0.2, 0) is 4.74 Å². The zero-order valence-electron chi connectivity index (χ0n) is 3.86. The molecule has 0 aliphatic rings. The van der Waals surface area contributed by atoms with Crippen LogP contribution in [0.3, 0.4) is 0 Å². The summed E-state index contributed by atoms with van der Waals surface area (Å²) in [5.41, 5.74) is 0. The molecule has 0 heterocycles. The molecule has 0 rings (SSSR count). The highest BCUT2D eigenvalue weighted by molar-refractivity contribution is 8.86. The molecule has 0 fully saturated rings. The molecule has 0 saturated carbocycles. The van der Waals surface area contributed by atoms with Gasteiger partial charge >= 0.3 is 0 Å². The van der Waals surface area contributed by atoms with Gasteiger partial charge in [-0.1, -0.05) is 23.2 Å². The first-order valence-electron chi connectivity index (χ1n) is 1.52. The van der Waals surface area contributed by atoms with Crippen molar-refractivity contribution in [2.75, 3.05) is 7.11 Å². The maximum Gasteiger partial charge on any atom is 0.278 e. The third-order valence-electron chi connectivity index (χ3n) is 0.366. The fraction of sp³-hybridized carbons (Fsp3) is 1.00. The minimum Gasteiger partial charge on any atom is -0.341 e. The Balaban J connectivity index is 3.37. The number of halogens is 3. The molecule has 0 spiro atoms. The van der Waals surface area contributed by atoms with Crippen LogP contribution in [0.4, 0.5) is 0 Å². The van der Waals surface area contributed by atoms with Gasteiger partial charge in [0.1, 0.15) is 0 Å². The summed E-state index contributed by atoms with van der Waals surface area (Å²) in [5, 5.41) is 0. The van der Waals surface area contributed by atoms with Crippen molar-refractivity contribution < 1.29 is 4.74 Å². The van der Waals surface area contributed by atoms with E-state index in [1.165, 1.54) is 7.11 Å². The molecule has 0 aromatic rings. The standard InChI is InChI=1S/C2H3Cl3OS2/c1-6-2(3,4)7-8-5/h1H3. The molecule has 6 heteroatoms. The molecular weight excluding hydrogens is 211 g/mol. The number of hydrogen-bond donors (Lipinski definition) is 0. The van der Waals surface area contributed by atoms with Gasteiger partial charge in [-0.2, -0.15) is 0 Å². The van der Waals surface area contributed by atoms with Crippen LogP contribution in [0.15, 0.2) is 0 Å². The van der Waals surface area contributed by atoms with Gasteiger partial charge in [0.05, 0.1) is 0 Å². The van der Waals surface area contributed by atoms with Crippen molar-refractivity contribution >= 4 is 54.7 Å². The Morgan fingerprint density at radius 1 is 1.50 bits per heavy atom. The maximum atomic E-state index is 5.42. The lowest BCUT2D eigenvalue weighted by Crippen LogP contribution is -2.06. The van der Waals surface area contributed by atoms with Crippen molar-refractivity contribution in [2.24, 2.45) is 0 Å². The van der Waals surface area contributed by atoms with Crippen molar-refractivity contribution in [3.8, 4) is 0 Å². The van der Waals surface area contributed by atoms with Crippen LogP contribution in [0.5, 0.6) is 0 Å². The van der Waals surface area contributed by atoms with Gasteiger partial charge in [0, 0.05) is 17.1 Å². The second-order valence-electron chi connectivity index (χ2n) is 0.814. The van der Waals surface area contributed by atoms with Gasteiger partial charge in [-0.3, -0.25) is 0 Å². The van der Waals surface area contributed by atoms with Gasteiger partial charge in [-0.05, 0) is 21.5 Å². The topological polar surface area (TPSA) is 9.23 Å². The minimum absolute atomic E-state index is 0.933. The molecular formula is C2H3Cl3OS2. The SMILES string of the molecule is COC(Cl)(Cl)SSCl. The molecule has 0 amide bonds. The molecule has 0 aromatic heterocycles. The van der Waals surface area contributed by atoms with E-state index in [0.29, 0.717) is 0 Å². The molecule has 8 heavy (non-hydrogen) atoms.